The molecule has 0 saturated heterocycles. The van der Waals surface area contributed by atoms with Gasteiger partial charge >= 0.3 is 11.2 Å². The average Bonchev–Trinajstić information content (AvgIpc) is 1.98. The van der Waals surface area contributed by atoms with Crippen LogP contribution in [0.15, 0.2) is 5.28 Å². The summed E-state index contributed by atoms with van der Waals surface area (Å²) in [7, 11) is 0. The molecule has 0 fully saturated rings. The second-order valence-corrected chi connectivity index (χ2v) is 1.78. The third kappa shape index (κ3) is 374. The van der Waals surface area contributed by atoms with Gasteiger partial charge in [-0.3, -0.25) is 9.63 Å². The van der Waals surface area contributed by atoms with Gasteiger partial charge in [-0.2, -0.15) is 0 Å². The molecule has 0 aliphatic heterocycles. The number of hydrogen-bond acceptors (Lipinski definition) is 7. The molecule has 0 aromatic carbocycles. The highest BCUT2D eigenvalue weighted by atomic mass is 16.7. The van der Waals surface area contributed by atoms with E-state index in [9.17, 15) is 4.79 Å². The zero-order valence-corrected chi connectivity index (χ0v) is 8.38. The Hall–Kier alpha value is -2.28. The Kier molecular flexibility index (Phi) is 17.6. The van der Waals surface area contributed by atoms with E-state index in [1.165, 1.54) is 6.92 Å². The lowest BCUT2D eigenvalue weighted by Crippen LogP contribution is -2.16. The normalized spacial score (nSPS) is 6.33. The summed E-state index contributed by atoms with van der Waals surface area (Å²) in [5.74, 6) is -2.49. The lowest BCUT2D eigenvalue weighted by Gasteiger charge is -1.77. The number of rotatable bonds is 1. The lowest BCUT2D eigenvalue weighted by atomic mass is 10.8. The standard InChI is InChI=1S/C2H4N3O2.2C2H4O2/c1-2(6)7-5-4-3;2*1-2(3)4/h3H,1H3;2*1H3,(H,3,4)/q+1;;/p-1. The molecule has 0 saturated carbocycles. The number of carboxylic acid groups (broad SMARTS) is 2. The monoisotopic (exact) mass is 221 g/mol. The predicted molar refractivity (Wildman–Crippen MR) is 43.0 cm³/mol. The first kappa shape index (κ1) is 18.5. The van der Waals surface area contributed by atoms with Crippen molar-refractivity contribution in [1.29, 1.82) is 5.53 Å². The fraction of sp³-hybridized carbons (Fsp3) is 0.500. The molecule has 9 heteroatoms. The van der Waals surface area contributed by atoms with Crippen LogP contribution in [0, 0.1) is 5.53 Å². The number of carboxylic acids is 2. The number of nitrogens with zero attached hydrogens (tertiary/aromatic N) is 2. The third-order valence-corrected chi connectivity index (χ3v) is 0.210. The minimum absolute atomic E-state index is 0.573. The zero-order chi connectivity index (χ0) is 12.9. The number of hydrogen-bond donors (Lipinski definition) is 2. The van der Waals surface area contributed by atoms with Crippen molar-refractivity contribution in [3.8, 4) is 0 Å². The van der Waals surface area contributed by atoms with Gasteiger partial charge in [0.1, 0.15) is 5.53 Å². The number of aliphatic carboxylic acids is 2. The first-order valence-corrected chi connectivity index (χ1v) is 3.35. The summed E-state index contributed by atoms with van der Waals surface area (Å²) in [6.45, 7) is 3.23. The lowest BCUT2D eigenvalue weighted by molar-refractivity contribution is -0.302. The molecule has 0 aromatic heterocycles. The van der Waals surface area contributed by atoms with E-state index in [0.717, 1.165) is 13.8 Å². The van der Waals surface area contributed by atoms with Crippen molar-refractivity contribution in [3.05, 3.63) is 0 Å². The Morgan fingerprint density at radius 3 is 1.67 bits per heavy atom. The predicted octanol–water partition coefficient (Wildman–Crippen LogP) is -1.14. The molecule has 0 atom stereocenters. The zero-order valence-electron chi connectivity index (χ0n) is 8.38. The molecular weight excluding hydrogens is 210 g/mol. The van der Waals surface area contributed by atoms with Crippen LogP contribution in [-0.2, 0) is 19.2 Å². The molecule has 0 spiro atoms. The average molecular weight is 221 g/mol. The van der Waals surface area contributed by atoms with Crippen molar-refractivity contribution in [2.24, 2.45) is 5.28 Å². The molecule has 0 heterocycles. The molecule has 2 N–H and O–H groups in total. The van der Waals surface area contributed by atoms with Crippen molar-refractivity contribution >= 4 is 17.9 Å². The van der Waals surface area contributed by atoms with Crippen molar-refractivity contribution in [1.82, 2.24) is 4.91 Å². The van der Waals surface area contributed by atoms with Crippen molar-refractivity contribution in [2.75, 3.05) is 0 Å². The smallest absolute Gasteiger partial charge is 0.366 e. The van der Waals surface area contributed by atoms with E-state index in [4.69, 9.17) is 25.3 Å². The summed E-state index contributed by atoms with van der Waals surface area (Å²) in [4.78, 5) is 33.9. The van der Waals surface area contributed by atoms with E-state index in [1.54, 1.807) is 0 Å². The molecular formula is C6H11N3O6. The number of carbonyl (C=O) groups excluding carboxylic acids is 2. The summed E-state index contributed by atoms with van der Waals surface area (Å²) in [6, 6.07) is 0. The van der Waals surface area contributed by atoms with Gasteiger partial charge in [-0.05, 0) is 6.92 Å². The Morgan fingerprint density at radius 2 is 1.60 bits per heavy atom. The summed E-state index contributed by atoms with van der Waals surface area (Å²) in [6.07, 6.45) is 0. The first-order valence-electron chi connectivity index (χ1n) is 3.35. The van der Waals surface area contributed by atoms with Gasteiger partial charge < -0.3 is 15.0 Å². The SMILES string of the molecule is CC(=O)O.CC(=O)ON=[N+]=N.CC(=O)[O-]. The van der Waals surface area contributed by atoms with Crippen molar-refractivity contribution in [2.45, 2.75) is 20.8 Å². The van der Waals surface area contributed by atoms with Gasteiger partial charge in [0.15, 0.2) is 0 Å². The second-order valence-electron chi connectivity index (χ2n) is 1.78. The van der Waals surface area contributed by atoms with E-state index in [0.29, 0.717) is 0 Å². The van der Waals surface area contributed by atoms with Gasteiger partial charge in [0.2, 0.25) is 0 Å². The fourth-order valence-electron chi connectivity index (χ4n) is 0.0779. The van der Waals surface area contributed by atoms with E-state index >= 15 is 0 Å². The molecule has 0 amide bonds. The Morgan fingerprint density at radius 1 is 1.33 bits per heavy atom. The molecule has 9 nitrogen and oxygen atoms in total. The Labute approximate surface area is 84.8 Å². The van der Waals surface area contributed by atoms with Crippen LogP contribution in [0.25, 0.3) is 0 Å². The fourth-order valence-corrected chi connectivity index (χ4v) is 0.0779. The van der Waals surface area contributed by atoms with Crippen LogP contribution in [0.4, 0.5) is 0 Å². The summed E-state index contributed by atoms with van der Waals surface area (Å²) >= 11 is 0. The highest BCUT2D eigenvalue weighted by Crippen LogP contribution is 1.69. The molecule has 0 radical (unpaired) electrons. The second kappa shape index (κ2) is 14.3. The summed E-state index contributed by atoms with van der Waals surface area (Å²) in [5.41, 5.74) is 5.98. The van der Waals surface area contributed by atoms with Gasteiger partial charge in [0.05, 0.1) is 0 Å². The molecule has 0 aliphatic rings. The molecule has 0 aromatic rings. The number of carbonyl (C=O) groups is 3. The van der Waals surface area contributed by atoms with Crippen LogP contribution in [0.3, 0.4) is 0 Å². The molecule has 0 unspecified atom stereocenters. The van der Waals surface area contributed by atoms with Gasteiger partial charge in [-0.25, -0.2) is 4.79 Å². The van der Waals surface area contributed by atoms with Crippen molar-refractivity contribution < 1.29 is 29.4 Å². The Balaban J connectivity index is -0.000000155. The van der Waals surface area contributed by atoms with Gasteiger partial charge in [-0.1, -0.05) is 0 Å². The minimum atomic E-state index is -1.08. The largest absolute Gasteiger partial charge is 0.550 e. The topological polar surface area (TPSA) is 154 Å². The maximum atomic E-state index is 9.74. The highest BCUT2D eigenvalue weighted by molar-refractivity contribution is 5.65. The minimum Gasteiger partial charge on any atom is -0.550 e. The molecule has 15 heavy (non-hydrogen) atoms. The van der Waals surface area contributed by atoms with Gasteiger partial charge in [0.25, 0.3) is 10.9 Å². The van der Waals surface area contributed by atoms with Crippen LogP contribution in [-0.4, -0.2) is 23.0 Å². The van der Waals surface area contributed by atoms with E-state index in [-0.39, 0.29) is 0 Å². The Bertz CT molecular complexity index is 238. The van der Waals surface area contributed by atoms with Crippen LogP contribution < -0.4 is 10.0 Å². The molecule has 0 rings (SSSR count). The maximum absolute atomic E-state index is 9.74. The first-order chi connectivity index (χ1) is 6.73. The van der Waals surface area contributed by atoms with Gasteiger partial charge in [0, 0.05) is 19.8 Å². The molecule has 0 aliphatic carbocycles. The third-order valence-electron chi connectivity index (χ3n) is 0.210. The van der Waals surface area contributed by atoms with E-state index in [2.05, 4.69) is 15.0 Å². The highest BCUT2D eigenvalue weighted by Gasteiger charge is 1.89. The molecule has 86 valence electrons. The van der Waals surface area contributed by atoms with Crippen molar-refractivity contribution in [3.63, 3.8) is 0 Å². The van der Waals surface area contributed by atoms with Crippen LogP contribution in [0.2, 0.25) is 0 Å². The molecule has 0 bridgehead atoms. The van der Waals surface area contributed by atoms with Gasteiger partial charge in [-0.15, -0.1) is 0 Å². The summed E-state index contributed by atoms with van der Waals surface area (Å²) in [5, 5.41) is 18.9. The number of nitrogens with one attached hydrogen (secondary N) is 1. The summed E-state index contributed by atoms with van der Waals surface area (Å²) < 4.78 is 0. The van der Waals surface area contributed by atoms with Crippen LogP contribution >= 0.6 is 0 Å². The van der Waals surface area contributed by atoms with E-state index < -0.39 is 17.9 Å². The quantitative estimate of drug-likeness (QED) is 0.324. The van der Waals surface area contributed by atoms with Crippen LogP contribution in [0.1, 0.15) is 20.8 Å². The van der Waals surface area contributed by atoms with E-state index in [1.807, 2.05) is 0 Å². The van der Waals surface area contributed by atoms with Crippen LogP contribution in [0.5, 0.6) is 0 Å². The maximum Gasteiger partial charge on any atom is 0.366 e.